The van der Waals surface area contributed by atoms with Crippen molar-refractivity contribution in [1.82, 2.24) is 9.88 Å². The van der Waals surface area contributed by atoms with Crippen LogP contribution in [0.2, 0.25) is 0 Å². The van der Waals surface area contributed by atoms with Crippen LogP contribution in [0, 0.1) is 5.92 Å². The number of likely N-dealkylation sites (tertiary alicyclic amines) is 1. The first-order valence-electron chi connectivity index (χ1n) is 10.9. The lowest BCUT2D eigenvalue weighted by Gasteiger charge is -2.32. The van der Waals surface area contributed by atoms with Gasteiger partial charge >= 0.3 is 0 Å². The maximum absolute atomic E-state index is 13.2. The molecule has 2 amide bonds. The van der Waals surface area contributed by atoms with Gasteiger partial charge in [0.05, 0.1) is 0 Å². The standard InChI is InChI=1S/C26H26BrN3O2/c27-22-11-12-24(28-18-22)29-26(32)21-13-15-30(16-14-21)25(31)17-23(19-7-3-1-4-8-19)20-9-5-2-6-10-20/h1-12,18,21,23H,13-17H2,(H,28,29,32). The molecule has 164 valence electrons. The number of pyridine rings is 1. The van der Waals surface area contributed by atoms with E-state index in [9.17, 15) is 9.59 Å². The molecule has 0 aliphatic carbocycles. The average Bonchev–Trinajstić information content (AvgIpc) is 2.85. The van der Waals surface area contributed by atoms with Gasteiger partial charge in [-0.3, -0.25) is 9.59 Å². The molecule has 0 bridgehead atoms. The molecule has 0 spiro atoms. The molecule has 0 unspecified atom stereocenters. The highest BCUT2D eigenvalue weighted by Gasteiger charge is 2.29. The number of amides is 2. The van der Waals surface area contributed by atoms with Gasteiger partial charge in [-0.1, -0.05) is 60.7 Å². The molecule has 1 N–H and O–H groups in total. The second-order valence-corrected chi connectivity index (χ2v) is 9.00. The van der Waals surface area contributed by atoms with Gasteiger partial charge in [-0.15, -0.1) is 0 Å². The Morgan fingerprint density at radius 2 is 1.53 bits per heavy atom. The number of hydrogen-bond acceptors (Lipinski definition) is 3. The number of hydrogen-bond donors (Lipinski definition) is 1. The van der Waals surface area contributed by atoms with Gasteiger partial charge in [0.2, 0.25) is 11.8 Å². The van der Waals surface area contributed by atoms with Crippen LogP contribution in [-0.4, -0.2) is 34.8 Å². The topological polar surface area (TPSA) is 62.3 Å². The highest BCUT2D eigenvalue weighted by atomic mass is 79.9. The van der Waals surface area contributed by atoms with Crippen molar-refractivity contribution in [1.29, 1.82) is 0 Å². The second kappa shape index (κ2) is 10.6. The van der Waals surface area contributed by atoms with Crippen molar-refractivity contribution in [3.8, 4) is 0 Å². The van der Waals surface area contributed by atoms with Gasteiger partial charge in [-0.25, -0.2) is 4.98 Å². The minimum Gasteiger partial charge on any atom is -0.343 e. The summed E-state index contributed by atoms with van der Waals surface area (Å²) in [4.78, 5) is 31.9. The zero-order valence-electron chi connectivity index (χ0n) is 17.8. The van der Waals surface area contributed by atoms with Gasteiger partial charge < -0.3 is 10.2 Å². The summed E-state index contributed by atoms with van der Waals surface area (Å²) in [6, 6.07) is 24.0. The van der Waals surface area contributed by atoms with Crippen molar-refractivity contribution >= 4 is 33.6 Å². The fourth-order valence-electron chi connectivity index (χ4n) is 4.17. The molecule has 2 aromatic carbocycles. The van der Waals surface area contributed by atoms with Gasteiger partial charge in [-0.2, -0.15) is 0 Å². The molecule has 5 nitrogen and oxygen atoms in total. The highest BCUT2D eigenvalue weighted by molar-refractivity contribution is 9.10. The van der Waals surface area contributed by atoms with Crippen molar-refractivity contribution in [2.75, 3.05) is 18.4 Å². The number of halogens is 1. The van der Waals surface area contributed by atoms with Crippen LogP contribution in [0.3, 0.4) is 0 Å². The Kier molecular flexibility index (Phi) is 7.32. The monoisotopic (exact) mass is 491 g/mol. The molecule has 1 aliphatic heterocycles. The lowest BCUT2D eigenvalue weighted by Crippen LogP contribution is -2.42. The Bertz CT molecular complexity index is 994. The summed E-state index contributed by atoms with van der Waals surface area (Å²) in [5.41, 5.74) is 2.28. The van der Waals surface area contributed by atoms with Gasteiger partial charge in [0.15, 0.2) is 0 Å². The second-order valence-electron chi connectivity index (χ2n) is 8.08. The Morgan fingerprint density at radius 3 is 2.06 bits per heavy atom. The molecule has 0 radical (unpaired) electrons. The lowest BCUT2D eigenvalue weighted by atomic mass is 9.87. The summed E-state index contributed by atoms with van der Waals surface area (Å²) >= 11 is 3.34. The first-order chi connectivity index (χ1) is 15.6. The molecule has 1 aliphatic rings. The molecule has 0 atom stereocenters. The van der Waals surface area contributed by atoms with Crippen molar-refractivity contribution in [2.45, 2.75) is 25.2 Å². The van der Waals surface area contributed by atoms with Crippen LogP contribution in [0.25, 0.3) is 0 Å². The van der Waals surface area contributed by atoms with Gasteiger partial charge in [0, 0.05) is 42.0 Å². The quantitative estimate of drug-likeness (QED) is 0.512. The van der Waals surface area contributed by atoms with Crippen LogP contribution in [-0.2, 0) is 9.59 Å². The highest BCUT2D eigenvalue weighted by Crippen LogP contribution is 2.29. The van der Waals surface area contributed by atoms with Gasteiger partial charge in [0.1, 0.15) is 5.82 Å². The van der Waals surface area contributed by atoms with E-state index in [1.165, 1.54) is 0 Å². The molecular weight excluding hydrogens is 466 g/mol. The Labute approximate surface area is 197 Å². The molecule has 1 saturated heterocycles. The molecule has 2 heterocycles. The van der Waals surface area contributed by atoms with E-state index in [-0.39, 0.29) is 23.7 Å². The summed E-state index contributed by atoms with van der Waals surface area (Å²) in [5, 5.41) is 2.88. The summed E-state index contributed by atoms with van der Waals surface area (Å²) in [6.07, 6.45) is 3.41. The number of anilines is 1. The van der Waals surface area contributed by atoms with Crippen molar-refractivity contribution < 1.29 is 9.59 Å². The van der Waals surface area contributed by atoms with Gasteiger partial charge in [-0.05, 0) is 52.0 Å². The lowest BCUT2D eigenvalue weighted by molar-refractivity contribution is -0.134. The smallest absolute Gasteiger partial charge is 0.228 e. The van der Waals surface area contributed by atoms with E-state index in [0.717, 1.165) is 15.6 Å². The minimum atomic E-state index is -0.108. The largest absolute Gasteiger partial charge is 0.343 e. The third-order valence-corrected chi connectivity index (χ3v) is 6.45. The molecule has 6 heteroatoms. The Morgan fingerprint density at radius 1 is 0.938 bits per heavy atom. The summed E-state index contributed by atoms with van der Waals surface area (Å²) in [5.74, 6) is 0.567. The van der Waals surface area contributed by atoms with Crippen molar-refractivity contribution in [3.63, 3.8) is 0 Å². The zero-order valence-corrected chi connectivity index (χ0v) is 19.4. The van der Waals surface area contributed by atoms with Crippen molar-refractivity contribution in [3.05, 3.63) is 94.6 Å². The predicted molar refractivity (Wildman–Crippen MR) is 129 cm³/mol. The SMILES string of the molecule is O=C(Nc1ccc(Br)cn1)C1CCN(C(=O)CC(c2ccccc2)c2ccccc2)CC1. The van der Waals surface area contributed by atoms with E-state index < -0.39 is 0 Å². The van der Waals surface area contributed by atoms with E-state index in [1.54, 1.807) is 12.3 Å². The minimum absolute atomic E-state index is 0.0226. The van der Waals surface area contributed by atoms with Crippen LogP contribution >= 0.6 is 15.9 Å². The number of nitrogens with one attached hydrogen (secondary N) is 1. The van der Waals surface area contributed by atoms with Crippen LogP contribution in [0.15, 0.2) is 83.5 Å². The number of nitrogens with zero attached hydrogens (tertiary/aromatic N) is 2. The van der Waals surface area contributed by atoms with Crippen LogP contribution in [0.5, 0.6) is 0 Å². The first-order valence-corrected chi connectivity index (χ1v) is 11.7. The molecule has 4 rings (SSSR count). The van der Waals surface area contributed by atoms with Crippen LogP contribution in [0.1, 0.15) is 36.3 Å². The fourth-order valence-corrected chi connectivity index (χ4v) is 4.41. The molecule has 3 aromatic rings. The van der Waals surface area contributed by atoms with Crippen LogP contribution in [0.4, 0.5) is 5.82 Å². The molecule has 1 fully saturated rings. The maximum Gasteiger partial charge on any atom is 0.228 e. The first kappa shape index (κ1) is 22.2. The zero-order chi connectivity index (χ0) is 22.3. The number of benzene rings is 2. The summed E-state index contributed by atoms with van der Waals surface area (Å²) in [6.45, 7) is 1.20. The number of aromatic nitrogens is 1. The Balaban J connectivity index is 1.36. The summed E-state index contributed by atoms with van der Waals surface area (Å²) < 4.78 is 0.867. The number of carbonyl (C=O) groups is 2. The van der Waals surface area contributed by atoms with Crippen LogP contribution < -0.4 is 5.32 Å². The van der Waals surface area contributed by atoms with Gasteiger partial charge in [0.25, 0.3) is 0 Å². The number of rotatable bonds is 6. The third kappa shape index (κ3) is 5.62. The molecular formula is C26H26BrN3O2. The van der Waals surface area contributed by atoms with E-state index in [4.69, 9.17) is 0 Å². The number of carbonyl (C=O) groups excluding carboxylic acids is 2. The molecule has 0 saturated carbocycles. The number of piperidine rings is 1. The third-order valence-electron chi connectivity index (χ3n) is 5.98. The van der Waals surface area contributed by atoms with Crippen molar-refractivity contribution in [2.24, 2.45) is 5.92 Å². The summed E-state index contributed by atoms with van der Waals surface area (Å²) in [7, 11) is 0. The Hall–Kier alpha value is -2.99. The maximum atomic E-state index is 13.2. The average molecular weight is 492 g/mol. The normalized spacial score (nSPS) is 14.4. The molecule has 1 aromatic heterocycles. The van der Waals surface area contributed by atoms with E-state index in [1.807, 2.05) is 47.4 Å². The predicted octanol–water partition coefficient (Wildman–Crippen LogP) is 5.24. The molecule has 32 heavy (non-hydrogen) atoms. The van der Waals surface area contributed by atoms with E-state index in [2.05, 4.69) is 50.5 Å². The van der Waals surface area contributed by atoms with E-state index in [0.29, 0.717) is 38.2 Å². The van der Waals surface area contributed by atoms with E-state index >= 15 is 0 Å². The fraction of sp³-hybridized carbons (Fsp3) is 0.269.